The second-order valence-electron chi connectivity index (χ2n) is 11.0. The molecular formula is C25H41BN2O5. The van der Waals surface area contributed by atoms with Gasteiger partial charge in [0.1, 0.15) is 17.4 Å². The van der Waals surface area contributed by atoms with Crippen molar-refractivity contribution >= 4 is 18.7 Å². The Hall–Kier alpha value is -2.24. The van der Waals surface area contributed by atoms with Crippen molar-refractivity contribution in [1.29, 1.82) is 5.26 Å². The molecule has 1 saturated heterocycles. The molecule has 0 aromatic heterocycles. The van der Waals surface area contributed by atoms with Crippen molar-refractivity contribution in [2.24, 2.45) is 17.6 Å². The first-order chi connectivity index (χ1) is 15.0. The summed E-state index contributed by atoms with van der Waals surface area (Å²) in [7, 11) is -0.467. The summed E-state index contributed by atoms with van der Waals surface area (Å²) in [5, 5.41) is 9.49. The first-order valence-electron chi connectivity index (χ1n) is 11.5. The van der Waals surface area contributed by atoms with E-state index in [1.54, 1.807) is 20.8 Å². The predicted octanol–water partition coefficient (Wildman–Crippen LogP) is 4.80. The molecule has 0 radical (unpaired) electrons. The summed E-state index contributed by atoms with van der Waals surface area (Å²) in [4.78, 5) is 10.0. The molecule has 0 spiro atoms. The Bertz CT molecular complexity index is 824. The third kappa shape index (κ3) is 9.27. The van der Waals surface area contributed by atoms with E-state index in [9.17, 15) is 10.1 Å². The Balaban J connectivity index is 0.000000582. The van der Waals surface area contributed by atoms with Gasteiger partial charge in [-0.1, -0.05) is 26.8 Å². The van der Waals surface area contributed by atoms with Gasteiger partial charge in [0.2, 0.25) is 0 Å². The van der Waals surface area contributed by atoms with E-state index in [0.717, 1.165) is 11.9 Å². The van der Waals surface area contributed by atoms with Crippen LogP contribution in [0.5, 0.6) is 5.75 Å². The van der Waals surface area contributed by atoms with Crippen LogP contribution in [0.15, 0.2) is 18.2 Å². The average molecular weight is 460 g/mol. The van der Waals surface area contributed by atoms with Crippen molar-refractivity contribution in [2.75, 3.05) is 6.61 Å². The van der Waals surface area contributed by atoms with Gasteiger partial charge in [0.25, 0.3) is 0 Å². The molecule has 1 heterocycles. The van der Waals surface area contributed by atoms with Gasteiger partial charge in [0.05, 0.1) is 23.4 Å². The summed E-state index contributed by atoms with van der Waals surface area (Å²) in [6.07, 6.45) is 0.381. The highest BCUT2D eigenvalue weighted by molar-refractivity contribution is 6.62. The maximum Gasteiger partial charge on any atom is 0.494 e. The fraction of sp³-hybridized carbons (Fsp3) is 0.680. The van der Waals surface area contributed by atoms with E-state index >= 15 is 0 Å². The molecule has 8 heteroatoms. The third-order valence-electron chi connectivity index (χ3n) is 5.45. The zero-order chi connectivity index (χ0) is 25.6. The number of carbonyl (C=O) groups excluding carboxylic acids is 1. The monoisotopic (exact) mass is 460 g/mol. The summed E-state index contributed by atoms with van der Waals surface area (Å²) in [5.74, 6) is 1.72. The number of primary amides is 1. The summed E-state index contributed by atoms with van der Waals surface area (Å²) in [6, 6.07) is 7.81. The van der Waals surface area contributed by atoms with Gasteiger partial charge in [-0.05, 0) is 84.3 Å². The molecule has 0 bridgehead atoms. The van der Waals surface area contributed by atoms with Crippen LogP contribution < -0.4 is 15.9 Å². The Labute approximate surface area is 200 Å². The highest BCUT2D eigenvalue weighted by Gasteiger charge is 2.51. The van der Waals surface area contributed by atoms with Crippen LogP contribution in [-0.2, 0) is 14.0 Å². The smallest absolute Gasteiger partial charge is 0.492 e. The summed E-state index contributed by atoms with van der Waals surface area (Å²) in [5.41, 5.74) is 4.83. The fourth-order valence-electron chi connectivity index (χ4n) is 3.29. The van der Waals surface area contributed by atoms with Crippen LogP contribution >= 0.6 is 0 Å². The highest BCUT2D eigenvalue weighted by atomic mass is 16.7. The number of rotatable bonds is 6. The van der Waals surface area contributed by atoms with Gasteiger partial charge >= 0.3 is 13.2 Å². The molecule has 33 heavy (non-hydrogen) atoms. The topological polar surface area (TPSA) is 104 Å². The van der Waals surface area contributed by atoms with Gasteiger partial charge in [0, 0.05) is 0 Å². The fourth-order valence-corrected chi connectivity index (χ4v) is 3.29. The largest absolute Gasteiger partial charge is 0.494 e. The minimum atomic E-state index is -0.725. The molecule has 1 atom stereocenters. The van der Waals surface area contributed by atoms with Crippen molar-refractivity contribution < 1.29 is 23.6 Å². The lowest BCUT2D eigenvalue weighted by Gasteiger charge is -2.32. The van der Waals surface area contributed by atoms with E-state index < -0.39 is 30.0 Å². The summed E-state index contributed by atoms with van der Waals surface area (Å²) < 4.78 is 22.6. The number of amides is 1. The normalized spacial score (nSPS) is 17.6. The van der Waals surface area contributed by atoms with Gasteiger partial charge in [-0.15, -0.1) is 0 Å². The maximum atomic E-state index is 10.0. The first kappa shape index (κ1) is 28.8. The molecule has 0 aliphatic carbocycles. The van der Waals surface area contributed by atoms with Crippen LogP contribution in [-0.4, -0.2) is 36.6 Å². The number of nitrogens with two attached hydrogens (primary N) is 1. The highest BCUT2D eigenvalue weighted by Crippen LogP contribution is 2.36. The summed E-state index contributed by atoms with van der Waals surface area (Å²) in [6.45, 7) is 20.6. The van der Waals surface area contributed by atoms with E-state index in [4.69, 9.17) is 19.8 Å². The van der Waals surface area contributed by atoms with Crippen molar-refractivity contribution in [3.63, 3.8) is 0 Å². The molecule has 1 aromatic rings. The Morgan fingerprint density at radius 3 is 2.09 bits per heavy atom. The molecule has 1 amide bonds. The van der Waals surface area contributed by atoms with Gasteiger partial charge in [-0.25, -0.2) is 4.79 Å². The minimum absolute atomic E-state index is 0.397. The SMILES string of the molecule is CC(C)(C)OC(N)=O.CC(C)CC(C)COc1ccc(B2OC(C)(C)C(C)(C)O2)cc1C#N. The molecule has 1 fully saturated rings. The molecule has 2 rings (SSSR count). The van der Waals surface area contributed by atoms with E-state index in [2.05, 4.69) is 31.6 Å². The zero-order valence-corrected chi connectivity index (χ0v) is 21.9. The predicted molar refractivity (Wildman–Crippen MR) is 131 cm³/mol. The number of benzene rings is 1. The second-order valence-corrected chi connectivity index (χ2v) is 11.0. The molecule has 1 aliphatic heterocycles. The number of hydrogen-bond acceptors (Lipinski definition) is 6. The standard InChI is InChI=1S/C20H30BNO3.C5H11NO2/c1-14(2)10-15(3)13-23-18-9-8-17(11-16(18)12-22)21-24-19(4,5)20(6,7)25-21;1-5(2,3)8-4(6)7/h8-9,11,14-15H,10,13H2,1-7H3;1-3H3,(H2,6,7). The number of hydrogen-bond donors (Lipinski definition) is 1. The van der Waals surface area contributed by atoms with Crippen molar-refractivity contribution in [1.82, 2.24) is 0 Å². The lowest BCUT2D eigenvalue weighted by molar-refractivity contribution is 0.00578. The van der Waals surface area contributed by atoms with E-state index in [1.807, 2.05) is 45.9 Å². The Morgan fingerprint density at radius 1 is 1.15 bits per heavy atom. The van der Waals surface area contributed by atoms with Crippen LogP contribution in [0.3, 0.4) is 0 Å². The van der Waals surface area contributed by atoms with Gasteiger partial charge < -0.3 is 24.5 Å². The van der Waals surface area contributed by atoms with Crippen LogP contribution in [0.4, 0.5) is 4.79 Å². The lowest BCUT2D eigenvalue weighted by Crippen LogP contribution is -2.41. The number of carbonyl (C=O) groups is 1. The molecule has 1 unspecified atom stereocenters. The molecule has 0 saturated carbocycles. The van der Waals surface area contributed by atoms with Crippen molar-refractivity contribution in [3.05, 3.63) is 23.8 Å². The van der Waals surface area contributed by atoms with Crippen LogP contribution in [0.25, 0.3) is 0 Å². The minimum Gasteiger partial charge on any atom is -0.492 e. The van der Waals surface area contributed by atoms with E-state index in [0.29, 0.717) is 29.8 Å². The number of nitrogens with zero attached hydrogens (tertiary/aromatic N) is 1. The molecule has 7 nitrogen and oxygen atoms in total. The molecule has 1 aromatic carbocycles. The van der Waals surface area contributed by atoms with Crippen LogP contribution in [0, 0.1) is 23.2 Å². The van der Waals surface area contributed by atoms with E-state index in [-0.39, 0.29) is 0 Å². The molecule has 184 valence electrons. The molecule has 1 aliphatic rings. The maximum absolute atomic E-state index is 10.0. The third-order valence-corrected chi connectivity index (χ3v) is 5.45. The van der Waals surface area contributed by atoms with Gasteiger partial charge in [-0.3, -0.25) is 0 Å². The first-order valence-corrected chi connectivity index (χ1v) is 11.5. The van der Waals surface area contributed by atoms with Gasteiger partial charge in [0.15, 0.2) is 0 Å². The Kier molecular flexibility index (Phi) is 9.83. The van der Waals surface area contributed by atoms with Crippen LogP contribution in [0.2, 0.25) is 0 Å². The summed E-state index contributed by atoms with van der Waals surface area (Å²) >= 11 is 0. The van der Waals surface area contributed by atoms with E-state index in [1.165, 1.54) is 0 Å². The lowest BCUT2D eigenvalue weighted by atomic mass is 9.78. The Morgan fingerprint density at radius 2 is 1.70 bits per heavy atom. The zero-order valence-electron chi connectivity index (χ0n) is 21.9. The molecular weight excluding hydrogens is 419 g/mol. The second kappa shape index (κ2) is 11.3. The van der Waals surface area contributed by atoms with Crippen molar-refractivity contribution in [2.45, 2.75) is 92.5 Å². The van der Waals surface area contributed by atoms with Gasteiger partial charge in [-0.2, -0.15) is 5.26 Å². The molecule has 2 N–H and O–H groups in total. The van der Waals surface area contributed by atoms with Crippen molar-refractivity contribution in [3.8, 4) is 11.8 Å². The number of nitriles is 1. The average Bonchev–Trinajstić information content (AvgIpc) is 2.85. The van der Waals surface area contributed by atoms with Crippen LogP contribution in [0.1, 0.15) is 81.2 Å². The number of ether oxygens (including phenoxy) is 2. The quantitative estimate of drug-likeness (QED) is 0.612.